The van der Waals surface area contributed by atoms with Gasteiger partial charge in [0, 0.05) is 16.5 Å². The predicted molar refractivity (Wildman–Crippen MR) is 115 cm³/mol. The third kappa shape index (κ3) is 4.05. The van der Waals surface area contributed by atoms with Crippen molar-refractivity contribution < 1.29 is 19.0 Å². The van der Waals surface area contributed by atoms with E-state index < -0.39 is 11.7 Å². The van der Waals surface area contributed by atoms with Gasteiger partial charge in [-0.25, -0.2) is 0 Å². The molecule has 1 aliphatic rings. The van der Waals surface area contributed by atoms with E-state index in [-0.39, 0.29) is 5.91 Å². The zero-order chi connectivity index (χ0) is 20.3. The second-order valence-electron chi connectivity index (χ2n) is 7.24. The van der Waals surface area contributed by atoms with Crippen molar-refractivity contribution in [1.29, 1.82) is 0 Å². The summed E-state index contributed by atoms with van der Waals surface area (Å²) in [6, 6.07) is 15.5. The van der Waals surface area contributed by atoms with Gasteiger partial charge in [0.05, 0.1) is 23.5 Å². The molecule has 1 N–H and O–H groups in total. The van der Waals surface area contributed by atoms with Gasteiger partial charge in [0.1, 0.15) is 12.4 Å². The number of benzene rings is 2. The van der Waals surface area contributed by atoms with Crippen molar-refractivity contribution in [3.63, 3.8) is 0 Å². The molecule has 0 spiro atoms. The Morgan fingerprint density at radius 1 is 1.21 bits per heavy atom. The maximum Gasteiger partial charge on any atom is 0.235 e. The Morgan fingerprint density at radius 2 is 1.97 bits per heavy atom. The molecule has 6 heteroatoms. The Bertz CT molecular complexity index is 1010. The normalized spacial score (nSPS) is 21.6. The second-order valence-corrected chi connectivity index (χ2v) is 8.22. The Balaban J connectivity index is 1.51. The molecule has 150 valence electrons. The molecule has 4 rings (SSSR count). The highest BCUT2D eigenvalue weighted by Gasteiger charge is 2.40. The van der Waals surface area contributed by atoms with E-state index in [1.807, 2.05) is 60.8 Å². The number of anilines is 1. The molecule has 29 heavy (non-hydrogen) atoms. The van der Waals surface area contributed by atoms with Crippen molar-refractivity contribution >= 4 is 33.7 Å². The minimum Gasteiger partial charge on any atom is -0.489 e. The van der Waals surface area contributed by atoms with E-state index in [0.717, 1.165) is 27.1 Å². The van der Waals surface area contributed by atoms with E-state index in [0.29, 0.717) is 19.8 Å². The first-order valence-corrected chi connectivity index (χ1v) is 10.3. The van der Waals surface area contributed by atoms with Crippen LogP contribution in [-0.4, -0.2) is 25.7 Å². The number of nitrogens with one attached hydrogen (secondary N) is 1. The van der Waals surface area contributed by atoms with Crippen LogP contribution < -0.4 is 10.1 Å². The first kappa shape index (κ1) is 19.6. The van der Waals surface area contributed by atoms with Crippen LogP contribution in [0.4, 0.5) is 5.69 Å². The average Bonchev–Trinajstić information content (AvgIpc) is 3.28. The highest BCUT2D eigenvalue weighted by atomic mass is 32.1. The number of carbonyl (C=O) groups is 1. The summed E-state index contributed by atoms with van der Waals surface area (Å²) in [6.07, 6.45) is 1.30. The molecule has 1 aromatic heterocycles. The third-order valence-corrected chi connectivity index (χ3v) is 5.81. The monoisotopic (exact) mass is 409 g/mol. The topological polar surface area (TPSA) is 56.8 Å². The van der Waals surface area contributed by atoms with Crippen molar-refractivity contribution in [3.05, 3.63) is 71.4 Å². The smallest absolute Gasteiger partial charge is 0.235 e. The summed E-state index contributed by atoms with van der Waals surface area (Å²) in [5, 5.41) is 6.89. The first-order chi connectivity index (χ1) is 14.1. The van der Waals surface area contributed by atoms with Crippen molar-refractivity contribution in [2.45, 2.75) is 13.2 Å². The van der Waals surface area contributed by atoms with Gasteiger partial charge in [-0.1, -0.05) is 43.0 Å². The summed E-state index contributed by atoms with van der Waals surface area (Å²) >= 11 is 1.58. The minimum atomic E-state index is -0.771. The van der Waals surface area contributed by atoms with Gasteiger partial charge in [0.15, 0.2) is 6.29 Å². The van der Waals surface area contributed by atoms with Crippen LogP contribution in [0.5, 0.6) is 5.75 Å². The van der Waals surface area contributed by atoms with Crippen LogP contribution in [0.1, 0.15) is 18.1 Å². The van der Waals surface area contributed by atoms with Gasteiger partial charge in [-0.3, -0.25) is 4.79 Å². The molecule has 1 aliphatic heterocycles. The SMILES string of the molecule is C=CCOc1ccc(NC(=O)C2(C)COC(c3cccs3)OC2)c2ccccc12. The van der Waals surface area contributed by atoms with Gasteiger partial charge in [0.2, 0.25) is 5.91 Å². The number of fused-ring (bicyclic) bond motifs is 1. The first-order valence-electron chi connectivity index (χ1n) is 9.44. The van der Waals surface area contributed by atoms with Crippen LogP contribution in [0.15, 0.2) is 66.6 Å². The summed E-state index contributed by atoms with van der Waals surface area (Å²) < 4.78 is 17.4. The molecule has 2 aromatic carbocycles. The van der Waals surface area contributed by atoms with Crippen molar-refractivity contribution in [2.75, 3.05) is 25.1 Å². The molecule has 2 heterocycles. The fourth-order valence-electron chi connectivity index (χ4n) is 3.26. The number of hydrogen-bond donors (Lipinski definition) is 1. The number of carbonyl (C=O) groups excluding carboxylic acids is 1. The van der Waals surface area contributed by atoms with Gasteiger partial charge in [-0.15, -0.1) is 11.3 Å². The molecule has 0 radical (unpaired) electrons. The fraction of sp³-hybridized carbons (Fsp3) is 0.261. The predicted octanol–water partition coefficient (Wildman–Crippen LogP) is 5.16. The number of thiophene rings is 1. The van der Waals surface area contributed by atoms with E-state index in [4.69, 9.17) is 14.2 Å². The van der Waals surface area contributed by atoms with Crippen LogP contribution in [-0.2, 0) is 14.3 Å². The number of ether oxygens (including phenoxy) is 3. The summed E-state index contributed by atoms with van der Waals surface area (Å²) in [5.41, 5.74) is -0.0366. The highest BCUT2D eigenvalue weighted by Crippen LogP contribution is 2.36. The molecule has 0 unspecified atom stereocenters. The van der Waals surface area contributed by atoms with E-state index >= 15 is 0 Å². The number of rotatable bonds is 6. The van der Waals surface area contributed by atoms with Gasteiger partial charge in [-0.2, -0.15) is 0 Å². The Hall–Kier alpha value is -2.67. The Kier molecular flexibility index (Phi) is 5.67. The maximum atomic E-state index is 13.1. The van der Waals surface area contributed by atoms with Crippen molar-refractivity contribution in [2.24, 2.45) is 5.41 Å². The fourth-order valence-corrected chi connectivity index (χ4v) is 3.98. The van der Waals surface area contributed by atoms with Crippen LogP contribution in [0.3, 0.4) is 0 Å². The molecule has 1 saturated heterocycles. The lowest BCUT2D eigenvalue weighted by atomic mass is 9.90. The lowest BCUT2D eigenvalue weighted by Gasteiger charge is -2.35. The Labute approximate surface area is 173 Å². The zero-order valence-corrected chi connectivity index (χ0v) is 17.0. The van der Waals surface area contributed by atoms with Crippen molar-refractivity contribution in [1.82, 2.24) is 0 Å². The second kappa shape index (κ2) is 8.37. The molecule has 3 aromatic rings. The van der Waals surface area contributed by atoms with Crippen LogP contribution >= 0.6 is 11.3 Å². The zero-order valence-electron chi connectivity index (χ0n) is 16.2. The molecular weight excluding hydrogens is 386 g/mol. The number of amides is 1. The summed E-state index contributed by atoms with van der Waals surface area (Å²) in [7, 11) is 0. The highest BCUT2D eigenvalue weighted by molar-refractivity contribution is 7.10. The molecule has 0 atom stereocenters. The van der Waals surface area contributed by atoms with Crippen LogP contribution in [0.25, 0.3) is 10.8 Å². The molecule has 1 amide bonds. The summed E-state index contributed by atoms with van der Waals surface area (Å²) in [6.45, 7) is 6.55. The average molecular weight is 410 g/mol. The Morgan fingerprint density at radius 3 is 2.66 bits per heavy atom. The van der Waals surface area contributed by atoms with Crippen LogP contribution in [0, 0.1) is 5.41 Å². The largest absolute Gasteiger partial charge is 0.489 e. The number of hydrogen-bond acceptors (Lipinski definition) is 5. The van der Waals surface area contributed by atoms with Crippen LogP contribution in [0.2, 0.25) is 0 Å². The molecule has 0 bridgehead atoms. The summed E-state index contributed by atoms with van der Waals surface area (Å²) in [4.78, 5) is 14.1. The summed E-state index contributed by atoms with van der Waals surface area (Å²) in [5.74, 6) is 0.625. The van der Waals surface area contributed by atoms with Gasteiger partial charge >= 0.3 is 0 Å². The lowest BCUT2D eigenvalue weighted by molar-refractivity contribution is -0.225. The van der Waals surface area contributed by atoms with E-state index in [9.17, 15) is 4.79 Å². The molecule has 5 nitrogen and oxygen atoms in total. The maximum absolute atomic E-state index is 13.1. The lowest BCUT2D eigenvalue weighted by Crippen LogP contribution is -2.45. The quantitative estimate of drug-likeness (QED) is 0.572. The van der Waals surface area contributed by atoms with E-state index in [1.54, 1.807) is 17.4 Å². The van der Waals surface area contributed by atoms with E-state index in [1.165, 1.54) is 0 Å². The molecular formula is C23H23NO4S. The van der Waals surface area contributed by atoms with Gasteiger partial charge in [-0.05, 0) is 30.5 Å². The van der Waals surface area contributed by atoms with E-state index in [2.05, 4.69) is 11.9 Å². The molecule has 0 saturated carbocycles. The minimum absolute atomic E-state index is 0.132. The standard InChI is InChI=1S/C23H23NO4S/c1-3-12-26-19-11-10-18(16-7-4-5-8-17(16)19)24-22(25)23(2)14-27-21(28-15-23)20-9-6-13-29-20/h3-11,13,21H,1,12,14-15H2,2H3,(H,24,25). The van der Waals surface area contributed by atoms with Crippen molar-refractivity contribution in [3.8, 4) is 5.75 Å². The molecule has 0 aliphatic carbocycles. The van der Waals surface area contributed by atoms with Gasteiger partial charge in [0.25, 0.3) is 0 Å². The third-order valence-electron chi connectivity index (χ3n) is 4.92. The molecule has 1 fully saturated rings. The van der Waals surface area contributed by atoms with Gasteiger partial charge < -0.3 is 19.5 Å².